The summed E-state index contributed by atoms with van der Waals surface area (Å²) in [5, 5.41) is 2.91. The SMILES string of the molecule is COCC(C)NC(=O)c1cc(S(=O)(=O)N(C)Cc2ccccc2)ccc1Cl. The zero-order chi connectivity index (χ0) is 20.0. The number of hydrogen-bond acceptors (Lipinski definition) is 4. The predicted octanol–water partition coefficient (Wildman–Crippen LogP) is 2.93. The molecule has 27 heavy (non-hydrogen) atoms. The lowest BCUT2D eigenvalue weighted by molar-refractivity contribution is 0.0905. The third-order valence-corrected chi connectivity index (χ3v) is 6.06. The first-order valence-corrected chi connectivity index (χ1v) is 10.2. The van der Waals surface area contributed by atoms with Gasteiger partial charge in [0.2, 0.25) is 10.0 Å². The first-order valence-electron chi connectivity index (χ1n) is 8.35. The molecule has 0 aliphatic carbocycles. The minimum absolute atomic E-state index is 0.00914. The molecular weight excluding hydrogens is 388 g/mol. The number of amides is 1. The maximum atomic E-state index is 12.9. The Labute approximate surface area is 165 Å². The normalized spacial score (nSPS) is 12.8. The fourth-order valence-corrected chi connectivity index (χ4v) is 3.93. The number of halogens is 1. The van der Waals surface area contributed by atoms with Gasteiger partial charge in [0.15, 0.2) is 0 Å². The molecule has 1 atom stereocenters. The average molecular weight is 411 g/mol. The molecule has 6 nitrogen and oxygen atoms in total. The topological polar surface area (TPSA) is 75.7 Å². The van der Waals surface area contributed by atoms with Gasteiger partial charge in [-0.05, 0) is 30.7 Å². The Morgan fingerprint density at radius 3 is 2.52 bits per heavy atom. The van der Waals surface area contributed by atoms with Crippen molar-refractivity contribution in [2.75, 3.05) is 20.8 Å². The minimum Gasteiger partial charge on any atom is -0.383 e. The zero-order valence-electron chi connectivity index (χ0n) is 15.5. The summed E-state index contributed by atoms with van der Waals surface area (Å²) in [4.78, 5) is 12.4. The largest absolute Gasteiger partial charge is 0.383 e. The van der Waals surface area contributed by atoms with Crippen LogP contribution in [0.3, 0.4) is 0 Å². The van der Waals surface area contributed by atoms with Gasteiger partial charge in [0.25, 0.3) is 5.91 Å². The van der Waals surface area contributed by atoms with E-state index in [2.05, 4.69) is 5.32 Å². The van der Waals surface area contributed by atoms with E-state index in [1.54, 1.807) is 6.92 Å². The van der Waals surface area contributed by atoms with Crippen molar-refractivity contribution < 1.29 is 17.9 Å². The molecule has 0 saturated heterocycles. The van der Waals surface area contributed by atoms with Crippen molar-refractivity contribution in [3.05, 3.63) is 64.7 Å². The molecule has 1 amide bonds. The van der Waals surface area contributed by atoms with Crippen LogP contribution in [-0.2, 0) is 21.3 Å². The molecular formula is C19H23ClN2O4S. The van der Waals surface area contributed by atoms with Crippen molar-refractivity contribution in [1.82, 2.24) is 9.62 Å². The predicted molar refractivity (Wildman–Crippen MR) is 105 cm³/mol. The van der Waals surface area contributed by atoms with Crippen LogP contribution >= 0.6 is 11.6 Å². The quantitative estimate of drug-likeness (QED) is 0.726. The number of rotatable bonds is 8. The molecule has 0 fully saturated rings. The number of carbonyl (C=O) groups excluding carboxylic acids is 1. The molecule has 2 rings (SSSR count). The van der Waals surface area contributed by atoms with Crippen LogP contribution in [0, 0.1) is 0 Å². The van der Waals surface area contributed by atoms with Gasteiger partial charge in [0, 0.05) is 26.7 Å². The third kappa shape index (κ3) is 5.52. The summed E-state index contributed by atoms with van der Waals surface area (Å²) in [5.41, 5.74) is 0.970. The van der Waals surface area contributed by atoms with Crippen LogP contribution < -0.4 is 5.32 Å². The van der Waals surface area contributed by atoms with Gasteiger partial charge in [-0.25, -0.2) is 8.42 Å². The summed E-state index contributed by atoms with van der Waals surface area (Å²) in [6.45, 7) is 2.34. The van der Waals surface area contributed by atoms with Crippen LogP contribution in [0.1, 0.15) is 22.8 Å². The Morgan fingerprint density at radius 2 is 1.89 bits per heavy atom. The molecule has 1 unspecified atom stereocenters. The van der Waals surface area contributed by atoms with Gasteiger partial charge in [-0.15, -0.1) is 0 Å². The second kappa shape index (κ2) is 9.32. The molecule has 0 saturated carbocycles. The van der Waals surface area contributed by atoms with Gasteiger partial charge in [-0.2, -0.15) is 4.31 Å². The van der Waals surface area contributed by atoms with Crippen LogP contribution in [0.25, 0.3) is 0 Å². The molecule has 2 aromatic carbocycles. The fourth-order valence-electron chi connectivity index (χ4n) is 2.54. The number of methoxy groups -OCH3 is 1. The second-order valence-electron chi connectivity index (χ2n) is 6.22. The van der Waals surface area contributed by atoms with Crippen molar-refractivity contribution in [3.8, 4) is 0 Å². The Hall–Kier alpha value is -1.93. The van der Waals surface area contributed by atoms with Crippen LogP contribution in [0.15, 0.2) is 53.4 Å². The second-order valence-corrected chi connectivity index (χ2v) is 8.67. The molecule has 0 aliphatic rings. The minimum atomic E-state index is -3.78. The lowest BCUT2D eigenvalue weighted by Crippen LogP contribution is -2.36. The maximum Gasteiger partial charge on any atom is 0.253 e. The summed E-state index contributed by atoms with van der Waals surface area (Å²) < 4.78 is 32.0. The van der Waals surface area contributed by atoms with Crippen LogP contribution in [0.2, 0.25) is 5.02 Å². The lowest BCUT2D eigenvalue weighted by atomic mass is 10.2. The molecule has 0 aromatic heterocycles. The Bertz CT molecular complexity index is 888. The monoisotopic (exact) mass is 410 g/mol. The maximum absolute atomic E-state index is 12.9. The Balaban J connectivity index is 2.25. The summed E-state index contributed by atoms with van der Waals surface area (Å²) in [7, 11) is -0.748. The van der Waals surface area contributed by atoms with Gasteiger partial charge >= 0.3 is 0 Å². The van der Waals surface area contributed by atoms with Crippen molar-refractivity contribution in [2.24, 2.45) is 0 Å². The van der Waals surface area contributed by atoms with Crippen LogP contribution in [0.4, 0.5) is 0 Å². The number of carbonyl (C=O) groups is 1. The van der Waals surface area contributed by atoms with E-state index in [1.807, 2.05) is 30.3 Å². The highest BCUT2D eigenvalue weighted by Crippen LogP contribution is 2.23. The van der Waals surface area contributed by atoms with Gasteiger partial charge in [0.05, 0.1) is 22.1 Å². The van der Waals surface area contributed by atoms with Crippen molar-refractivity contribution in [2.45, 2.75) is 24.4 Å². The number of nitrogens with one attached hydrogen (secondary N) is 1. The molecule has 8 heteroatoms. The highest BCUT2D eigenvalue weighted by molar-refractivity contribution is 7.89. The van der Waals surface area contributed by atoms with Crippen molar-refractivity contribution in [1.29, 1.82) is 0 Å². The standard InChI is InChI=1S/C19H23ClN2O4S/c1-14(13-26-3)21-19(23)17-11-16(9-10-18(17)20)27(24,25)22(2)12-15-7-5-4-6-8-15/h4-11,14H,12-13H2,1-3H3,(H,21,23). The van der Waals surface area contributed by atoms with Crippen molar-refractivity contribution in [3.63, 3.8) is 0 Å². The number of hydrogen-bond donors (Lipinski definition) is 1. The van der Waals surface area contributed by atoms with E-state index in [0.29, 0.717) is 6.61 Å². The lowest BCUT2D eigenvalue weighted by Gasteiger charge is -2.18. The van der Waals surface area contributed by atoms with Gasteiger partial charge in [-0.1, -0.05) is 41.9 Å². The number of benzene rings is 2. The molecule has 0 heterocycles. The fraction of sp³-hybridized carbons (Fsp3) is 0.316. The van der Waals surface area contributed by atoms with E-state index in [4.69, 9.17) is 16.3 Å². The first kappa shape index (κ1) is 21.4. The van der Waals surface area contributed by atoms with Crippen LogP contribution in [-0.4, -0.2) is 45.4 Å². The van der Waals surface area contributed by atoms with E-state index in [9.17, 15) is 13.2 Å². The van der Waals surface area contributed by atoms with Gasteiger partial charge in [0.1, 0.15) is 0 Å². The van der Waals surface area contributed by atoms with E-state index in [-0.39, 0.29) is 28.1 Å². The molecule has 0 spiro atoms. The molecule has 1 N–H and O–H groups in total. The molecule has 0 bridgehead atoms. The van der Waals surface area contributed by atoms with E-state index in [0.717, 1.165) is 5.56 Å². The third-order valence-electron chi connectivity index (χ3n) is 3.93. The molecule has 0 radical (unpaired) electrons. The molecule has 0 aliphatic heterocycles. The molecule has 2 aromatic rings. The summed E-state index contributed by atoms with van der Waals surface area (Å²) in [6, 6.07) is 13.1. The van der Waals surface area contributed by atoms with E-state index < -0.39 is 15.9 Å². The smallest absolute Gasteiger partial charge is 0.253 e. The van der Waals surface area contributed by atoms with E-state index in [1.165, 1.54) is 36.7 Å². The number of ether oxygens (including phenoxy) is 1. The van der Waals surface area contributed by atoms with Gasteiger partial charge in [-0.3, -0.25) is 4.79 Å². The van der Waals surface area contributed by atoms with Gasteiger partial charge < -0.3 is 10.1 Å². The van der Waals surface area contributed by atoms with E-state index >= 15 is 0 Å². The highest BCUT2D eigenvalue weighted by atomic mass is 35.5. The van der Waals surface area contributed by atoms with Crippen molar-refractivity contribution >= 4 is 27.5 Å². The zero-order valence-corrected chi connectivity index (χ0v) is 17.0. The first-order chi connectivity index (χ1) is 12.8. The summed E-state index contributed by atoms with van der Waals surface area (Å²) >= 11 is 6.11. The summed E-state index contributed by atoms with van der Waals surface area (Å²) in [5.74, 6) is -0.452. The Morgan fingerprint density at radius 1 is 1.22 bits per heavy atom. The molecule has 146 valence electrons. The highest BCUT2D eigenvalue weighted by Gasteiger charge is 2.23. The Kier molecular flexibility index (Phi) is 7.38. The van der Waals surface area contributed by atoms with Crippen LogP contribution in [0.5, 0.6) is 0 Å². The number of nitrogens with zero attached hydrogens (tertiary/aromatic N) is 1. The number of sulfonamides is 1. The average Bonchev–Trinajstić information content (AvgIpc) is 2.62. The summed E-state index contributed by atoms with van der Waals surface area (Å²) in [6.07, 6.45) is 0.